The lowest BCUT2D eigenvalue weighted by Gasteiger charge is -2.07. The smallest absolute Gasteiger partial charge is 0.294 e. The van der Waals surface area contributed by atoms with Crippen LogP contribution < -0.4 is 15.5 Å². The molecule has 2 aromatic carbocycles. The van der Waals surface area contributed by atoms with Crippen LogP contribution in [0.1, 0.15) is 18.9 Å². The van der Waals surface area contributed by atoms with E-state index < -0.39 is 20.9 Å². The second-order valence-electron chi connectivity index (χ2n) is 5.91. The lowest BCUT2D eigenvalue weighted by Crippen LogP contribution is -2.24. The van der Waals surface area contributed by atoms with Crippen molar-refractivity contribution in [2.45, 2.75) is 18.2 Å². The fourth-order valence-corrected chi connectivity index (χ4v) is 3.73. The van der Waals surface area contributed by atoms with Gasteiger partial charge in [0, 0.05) is 18.2 Å². The first-order chi connectivity index (χ1) is 13.3. The van der Waals surface area contributed by atoms with Crippen molar-refractivity contribution in [2.75, 3.05) is 17.3 Å². The van der Waals surface area contributed by atoms with E-state index in [1.54, 1.807) is 6.07 Å². The highest BCUT2D eigenvalue weighted by Crippen LogP contribution is 2.28. The summed E-state index contributed by atoms with van der Waals surface area (Å²) >= 11 is 0. The number of benzene rings is 2. The molecule has 3 rings (SSSR count). The number of nitrogens with zero attached hydrogens (tertiary/aromatic N) is 2. The average molecular weight is 403 g/mol. The molecule has 1 aliphatic heterocycles. The summed E-state index contributed by atoms with van der Waals surface area (Å²) in [6.45, 7) is 2.13. The molecular formula is C17H17N5O5S. The van der Waals surface area contributed by atoms with Crippen LogP contribution in [-0.4, -0.2) is 31.5 Å². The Morgan fingerprint density at radius 2 is 1.96 bits per heavy atom. The number of nitro benzene ring substituents is 1. The lowest BCUT2D eigenvalue weighted by molar-refractivity contribution is -0.384. The molecule has 28 heavy (non-hydrogen) atoms. The molecule has 3 N–H and O–H groups in total. The molecule has 146 valence electrons. The summed E-state index contributed by atoms with van der Waals surface area (Å²) in [5, 5.41) is 17.6. The molecule has 0 unspecified atom stereocenters. The maximum atomic E-state index is 12.3. The van der Waals surface area contributed by atoms with E-state index in [0.717, 1.165) is 0 Å². The van der Waals surface area contributed by atoms with Gasteiger partial charge in [-0.1, -0.05) is 19.1 Å². The fraction of sp³-hybridized carbons (Fsp3) is 0.176. The second-order valence-corrected chi connectivity index (χ2v) is 7.67. The summed E-state index contributed by atoms with van der Waals surface area (Å²) in [6.07, 6.45) is 0.636. The Balaban J connectivity index is 1.96. The number of carbonyl (C=O) groups is 1. The maximum absolute atomic E-state index is 12.3. The first-order valence-corrected chi connectivity index (χ1v) is 9.84. The van der Waals surface area contributed by atoms with Gasteiger partial charge in [0.05, 0.1) is 15.5 Å². The van der Waals surface area contributed by atoms with E-state index in [9.17, 15) is 23.3 Å². The minimum absolute atomic E-state index is 0.00501. The van der Waals surface area contributed by atoms with Crippen molar-refractivity contribution in [3.05, 3.63) is 58.1 Å². The molecule has 0 saturated carbocycles. The average Bonchev–Trinajstić information content (AvgIpc) is 2.99. The van der Waals surface area contributed by atoms with Crippen LogP contribution in [0.15, 0.2) is 52.5 Å². The van der Waals surface area contributed by atoms with Gasteiger partial charge in [-0.2, -0.15) is 5.10 Å². The number of hydrazone groups is 1. The number of carbonyl (C=O) groups excluding carboxylic acids is 1. The van der Waals surface area contributed by atoms with Crippen LogP contribution in [0.3, 0.4) is 0 Å². The zero-order valence-electron chi connectivity index (χ0n) is 14.8. The first-order valence-electron chi connectivity index (χ1n) is 8.36. The van der Waals surface area contributed by atoms with Gasteiger partial charge >= 0.3 is 0 Å². The molecule has 2 aromatic rings. The number of hydrogen-bond acceptors (Lipinski definition) is 7. The molecule has 0 bridgehead atoms. The summed E-state index contributed by atoms with van der Waals surface area (Å²) < 4.78 is 27.1. The number of hydrogen-bond donors (Lipinski definition) is 3. The van der Waals surface area contributed by atoms with Crippen LogP contribution in [0.5, 0.6) is 0 Å². The molecule has 0 radical (unpaired) electrons. The Bertz CT molecular complexity index is 1080. The highest BCUT2D eigenvalue weighted by Gasteiger charge is 2.28. The molecule has 0 spiro atoms. The van der Waals surface area contributed by atoms with Gasteiger partial charge in [0.1, 0.15) is 5.69 Å². The van der Waals surface area contributed by atoms with Gasteiger partial charge in [-0.25, -0.2) is 13.1 Å². The van der Waals surface area contributed by atoms with Gasteiger partial charge in [0.25, 0.3) is 11.6 Å². The predicted octanol–water partition coefficient (Wildman–Crippen LogP) is 2.05. The number of nitrogens with one attached hydrogen (secondary N) is 3. The number of fused-ring (bicyclic) bond motifs is 1. The van der Waals surface area contributed by atoms with Crippen molar-refractivity contribution in [1.82, 2.24) is 4.72 Å². The van der Waals surface area contributed by atoms with Gasteiger partial charge in [-0.3, -0.25) is 20.3 Å². The SMILES string of the molecule is CCCNS(=O)(=O)c1ccc2c(c1)C(=NNc1ccccc1[N+](=O)[O-])C(=O)N2. The van der Waals surface area contributed by atoms with E-state index in [4.69, 9.17) is 0 Å². The van der Waals surface area contributed by atoms with Crippen molar-refractivity contribution in [1.29, 1.82) is 0 Å². The van der Waals surface area contributed by atoms with Crippen molar-refractivity contribution in [3.8, 4) is 0 Å². The Hall–Kier alpha value is -3.31. The standard InChI is InChI=1S/C17H17N5O5S/c1-2-9-18-28(26,27)11-7-8-13-12(10-11)16(17(23)19-13)21-20-14-5-3-4-6-15(14)22(24)25/h3-8,10,18,20H,2,9H2,1H3,(H,19,21,23). The minimum atomic E-state index is -3.72. The van der Waals surface area contributed by atoms with Crippen LogP contribution in [0.25, 0.3) is 0 Å². The Morgan fingerprint density at radius 1 is 1.21 bits per heavy atom. The number of anilines is 2. The minimum Gasteiger partial charge on any atom is -0.320 e. The quantitative estimate of drug-likeness (QED) is 0.477. The molecule has 0 atom stereocenters. The molecule has 0 aliphatic carbocycles. The molecule has 1 amide bonds. The number of amides is 1. The van der Waals surface area contributed by atoms with E-state index in [2.05, 4.69) is 20.6 Å². The monoisotopic (exact) mass is 403 g/mol. The van der Waals surface area contributed by atoms with E-state index >= 15 is 0 Å². The predicted molar refractivity (Wildman–Crippen MR) is 104 cm³/mol. The van der Waals surface area contributed by atoms with Gasteiger partial charge in [-0.05, 0) is 30.7 Å². The first kappa shape index (κ1) is 19.5. The van der Waals surface area contributed by atoms with Crippen LogP contribution in [0, 0.1) is 10.1 Å². The molecular weight excluding hydrogens is 386 g/mol. The Kier molecular flexibility index (Phi) is 5.38. The van der Waals surface area contributed by atoms with Gasteiger partial charge in [-0.15, -0.1) is 0 Å². The maximum Gasteiger partial charge on any atom is 0.294 e. The third-order valence-electron chi connectivity index (χ3n) is 3.95. The number of rotatable bonds is 7. The molecule has 0 saturated heterocycles. The van der Waals surface area contributed by atoms with Crippen molar-refractivity contribution in [2.24, 2.45) is 5.10 Å². The summed E-state index contributed by atoms with van der Waals surface area (Å²) in [5.74, 6) is -0.544. The van der Waals surface area contributed by atoms with Crippen molar-refractivity contribution in [3.63, 3.8) is 0 Å². The van der Waals surface area contributed by atoms with E-state index in [1.165, 1.54) is 36.4 Å². The highest BCUT2D eigenvalue weighted by molar-refractivity contribution is 7.89. The van der Waals surface area contributed by atoms with Gasteiger partial charge in [0.2, 0.25) is 10.0 Å². The third-order valence-corrected chi connectivity index (χ3v) is 5.41. The van der Waals surface area contributed by atoms with Crippen LogP contribution in [0.4, 0.5) is 17.1 Å². The number of sulfonamides is 1. The zero-order chi connectivity index (χ0) is 20.3. The number of nitro groups is 1. The van der Waals surface area contributed by atoms with Gasteiger partial charge < -0.3 is 5.32 Å². The summed E-state index contributed by atoms with van der Waals surface area (Å²) in [5.41, 5.74) is 3.05. The summed E-state index contributed by atoms with van der Waals surface area (Å²) in [6, 6.07) is 10.0. The fourth-order valence-electron chi connectivity index (χ4n) is 2.57. The Labute approximate surface area is 160 Å². The highest BCUT2D eigenvalue weighted by atomic mass is 32.2. The normalized spacial score (nSPS) is 14.6. The summed E-state index contributed by atoms with van der Waals surface area (Å²) in [4.78, 5) is 22.7. The van der Waals surface area contributed by atoms with Gasteiger partial charge in [0.15, 0.2) is 5.71 Å². The third kappa shape index (κ3) is 3.85. The van der Waals surface area contributed by atoms with Crippen LogP contribution in [0.2, 0.25) is 0 Å². The zero-order valence-corrected chi connectivity index (χ0v) is 15.6. The van der Waals surface area contributed by atoms with Crippen LogP contribution >= 0.6 is 0 Å². The molecule has 1 aliphatic rings. The molecule has 10 nitrogen and oxygen atoms in total. The molecule has 1 heterocycles. The van der Waals surface area contributed by atoms with E-state index in [-0.39, 0.29) is 34.1 Å². The van der Waals surface area contributed by atoms with E-state index in [1.807, 2.05) is 6.92 Å². The summed E-state index contributed by atoms with van der Waals surface area (Å²) in [7, 11) is -3.72. The largest absolute Gasteiger partial charge is 0.320 e. The lowest BCUT2D eigenvalue weighted by atomic mass is 10.1. The Morgan fingerprint density at radius 3 is 2.68 bits per heavy atom. The van der Waals surface area contributed by atoms with Crippen molar-refractivity contribution < 1.29 is 18.1 Å². The van der Waals surface area contributed by atoms with E-state index in [0.29, 0.717) is 12.1 Å². The number of para-hydroxylation sites is 2. The van der Waals surface area contributed by atoms with Crippen LogP contribution in [-0.2, 0) is 14.8 Å². The topological polar surface area (TPSA) is 143 Å². The molecule has 11 heteroatoms. The molecule has 0 aromatic heterocycles. The second kappa shape index (κ2) is 7.74. The molecule has 0 fully saturated rings. The van der Waals surface area contributed by atoms with Crippen molar-refractivity contribution >= 4 is 38.7 Å².